The van der Waals surface area contributed by atoms with Crippen LogP contribution in [0, 0.1) is 5.92 Å². The number of hydrogen-bond donors (Lipinski definition) is 1. The van der Waals surface area contributed by atoms with E-state index in [0.29, 0.717) is 25.7 Å². The van der Waals surface area contributed by atoms with Gasteiger partial charge in [-0.25, -0.2) is 0 Å². The molecule has 0 aliphatic carbocycles. The van der Waals surface area contributed by atoms with Crippen molar-refractivity contribution in [3.05, 3.63) is 84.4 Å². The number of anilines is 1. The highest BCUT2D eigenvalue weighted by Crippen LogP contribution is 2.22. The average molecular weight is 406 g/mol. The quantitative estimate of drug-likeness (QED) is 0.365. The van der Waals surface area contributed by atoms with Gasteiger partial charge in [-0.1, -0.05) is 56.3 Å². The van der Waals surface area contributed by atoms with Crippen LogP contribution in [0.5, 0.6) is 17.2 Å². The van der Waals surface area contributed by atoms with E-state index in [4.69, 9.17) is 14.2 Å². The fourth-order valence-corrected chi connectivity index (χ4v) is 2.92. The van der Waals surface area contributed by atoms with E-state index in [9.17, 15) is 0 Å². The SMILES string of the molecule is CC(C)CCOc1ccccc1CNc1cccc(OCCOc2ccccc2)c1. The number of nitrogens with one attached hydrogen (secondary N) is 1. The maximum Gasteiger partial charge on any atom is 0.124 e. The van der Waals surface area contributed by atoms with Gasteiger partial charge in [-0.2, -0.15) is 0 Å². The van der Waals surface area contributed by atoms with E-state index in [1.165, 1.54) is 0 Å². The third kappa shape index (κ3) is 7.36. The van der Waals surface area contributed by atoms with Crippen molar-refractivity contribution in [2.75, 3.05) is 25.1 Å². The summed E-state index contributed by atoms with van der Waals surface area (Å²) in [6.07, 6.45) is 1.05. The van der Waals surface area contributed by atoms with E-state index in [-0.39, 0.29) is 0 Å². The number of para-hydroxylation sites is 2. The van der Waals surface area contributed by atoms with Crippen LogP contribution in [0.15, 0.2) is 78.9 Å². The second kappa shape index (κ2) is 11.8. The Morgan fingerprint density at radius 2 is 1.40 bits per heavy atom. The molecule has 1 N–H and O–H groups in total. The van der Waals surface area contributed by atoms with E-state index in [1.54, 1.807) is 0 Å². The van der Waals surface area contributed by atoms with Crippen molar-refractivity contribution in [2.24, 2.45) is 5.92 Å². The van der Waals surface area contributed by atoms with Crippen molar-refractivity contribution in [3.63, 3.8) is 0 Å². The van der Waals surface area contributed by atoms with Crippen LogP contribution in [0.4, 0.5) is 5.69 Å². The number of rotatable bonds is 12. The van der Waals surface area contributed by atoms with Gasteiger partial charge in [0.1, 0.15) is 30.5 Å². The van der Waals surface area contributed by atoms with Crippen molar-refractivity contribution < 1.29 is 14.2 Å². The van der Waals surface area contributed by atoms with Gasteiger partial charge in [0.15, 0.2) is 0 Å². The number of hydrogen-bond acceptors (Lipinski definition) is 4. The molecule has 0 saturated heterocycles. The highest BCUT2D eigenvalue weighted by Gasteiger charge is 2.05. The molecule has 0 amide bonds. The molecule has 3 aromatic carbocycles. The number of benzene rings is 3. The third-order valence-electron chi connectivity index (χ3n) is 4.61. The van der Waals surface area contributed by atoms with Crippen LogP contribution in [0.1, 0.15) is 25.8 Å². The Labute approximate surface area is 179 Å². The van der Waals surface area contributed by atoms with Crippen LogP contribution >= 0.6 is 0 Å². The molecule has 0 aliphatic heterocycles. The first-order valence-corrected chi connectivity index (χ1v) is 10.6. The molecular formula is C26H31NO3. The molecule has 4 heteroatoms. The van der Waals surface area contributed by atoms with E-state index >= 15 is 0 Å². The Morgan fingerprint density at radius 3 is 2.20 bits per heavy atom. The summed E-state index contributed by atoms with van der Waals surface area (Å²) in [4.78, 5) is 0. The zero-order valence-corrected chi connectivity index (χ0v) is 17.8. The topological polar surface area (TPSA) is 39.7 Å². The first-order valence-electron chi connectivity index (χ1n) is 10.6. The highest BCUT2D eigenvalue weighted by molar-refractivity contribution is 5.49. The van der Waals surface area contributed by atoms with Gasteiger partial charge in [-0.15, -0.1) is 0 Å². The minimum atomic E-state index is 0.491. The van der Waals surface area contributed by atoms with E-state index in [1.807, 2.05) is 72.8 Å². The lowest BCUT2D eigenvalue weighted by Gasteiger charge is -2.14. The van der Waals surface area contributed by atoms with Gasteiger partial charge in [-0.05, 0) is 42.7 Å². The summed E-state index contributed by atoms with van der Waals surface area (Å²) in [6, 6.07) is 25.9. The maximum absolute atomic E-state index is 5.98. The lowest BCUT2D eigenvalue weighted by atomic mass is 10.1. The average Bonchev–Trinajstić information content (AvgIpc) is 2.77. The fraction of sp³-hybridized carbons (Fsp3) is 0.308. The van der Waals surface area contributed by atoms with Gasteiger partial charge in [0, 0.05) is 23.9 Å². The fourth-order valence-electron chi connectivity index (χ4n) is 2.92. The molecule has 158 valence electrons. The van der Waals surface area contributed by atoms with Crippen molar-refractivity contribution in [3.8, 4) is 17.2 Å². The van der Waals surface area contributed by atoms with Crippen molar-refractivity contribution >= 4 is 5.69 Å². The molecule has 0 radical (unpaired) electrons. The normalized spacial score (nSPS) is 10.6. The second-order valence-corrected chi connectivity index (χ2v) is 7.53. The van der Waals surface area contributed by atoms with Crippen molar-refractivity contribution in [1.29, 1.82) is 0 Å². The van der Waals surface area contributed by atoms with Gasteiger partial charge in [0.2, 0.25) is 0 Å². The highest BCUT2D eigenvalue weighted by atomic mass is 16.5. The molecule has 0 fully saturated rings. The zero-order chi connectivity index (χ0) is 21.0. The third-order valence-corrected chi connectivity index (χ3v) is 4.61. The molecule has 4 nitrogen and oxygen atoms in total. The van der Waals surface area contributed by atoms with Gasteiger partial charge in [0.25, 0.3) is 0 Å². The molecule has 0 heterocycles. The van der Waals surface area contributed by atoms with E-state index in [2.05, 4.69) is 25.2 Å². The van der Waals surface area contributed by atoms with E-state index in [0.717, 1.165) is 41.5 Å². The molecule has 3 rings (SSSR count). The summed E-state index contributed by atoms with van der Waals surface area (Å²) >= 11 is 0. The lowest BCUT2D eigenvalue weighted by molar-refractivity contribution is 0.217. The van der Waals surface area contributed by atoms with Crippen LogP contribution in [0.2, 0.25) is 0 Å². The first-order chi connectivity index (χ1) is 14.7. The largest absolute Gasteiger partial charge is 0.493 e. The molecule has 0 bridgehead atoms. The van der Waals surface area contributed by atoms with Crippen LogP contribution in [0.3, 0.4) is 0 Å². The predicted octanol–water partition coefficient (Wildman–Crippen LogP) is 6.18. The van der Waals surface area contributed by atoms with Crippen LogP contribution < -0.4 is 19.5 Å². The zero-order valence-electron chi connectivity index (χ0n) is 17.8. The smallest absolute Gasteiger partial charge is 0.124 e. The molecule has 0 atom stereocenters. The molecule has 30 heavy (non-hydrogen) atoms. The van der Waals surface area contributed by atoms with Gasteiger partial charge < -0.3 is 19.5 Å². The Bertz CT molecular complexity index is 880. The minimum Gasteiger partial charge on any atom is -0.493 e. The van der Waals surface area contributed by atoms with Crippen LogP contribution in [-0.2, 0) is 6.54 Å². The summed E-state index contributed by atoms with van der Waals surface area (Å²) in [5, 5.41) is 3.47. The molecular weight excluding hydrogens is 374 g/mol. The number of ether oxygens (including phenoxy) is 3. The Morgan fingerprint density at radius 1 is 0.700 bits per heavy atom. The predicted molar refractivity (Wildman–Crippen MR) is 123 cm³/mol. The lowest BCUT2D eigenvalue weighted by Crippen LogP contribution is -2.09. The maximum atomic E-state index is 5.98. The Balaban J connectivity index is 1.47. The summed E-state index contributed by atoms with van der Waals surface area (Å²) in [6.45, 7) is 6.84. The molecule has 0 aliphatic rings. The summed E-state index contributed by atoms with van der Waals surface area (Å²) < 4.78 is 17.5. The minimum absolute atomic E-state index is 0.491. The molecule has 0 unspecified atom stereocenters. The van der Waals surface area contributed by atoms with Crippen LogP contribution in [-0.4, -0.2) is 19.8 Å². The summed E-state index contributed by atoms with van der Waals surface area (Å²) in [7, 11) is 0. The summed E-state index contributed by atoms with van der Waals surface area (Å²) in [5.41, 5.74) is 2.15. The standard InChI is InChI=1S/C26H31NO3/c1-21(2)15-16-30-26-14-7-6-9-22(26)20-27-23-10-8-13-25(19-23)29-18-17-28-24-11-4-3-5-12-24/h3-14,19,21,27H,15-18,20H2,1-2H3. The van der Waals surface area contributed by atoms with E-state index < -0.39 is 0 Å². The molecule has 0 spiro atoms. The van der Waals surface area contributed by atoms with Gasteiger partial charge in [0.05, 0.1) is 6.61 Å². The molecule has 0 saturated carbocycles. The van der Waals surface area contributed by atoms with Gasteiger partial charge in [-0.3, -0.25) is 0 Å². The van der Waals surface area contributed by atoms with Gasteiger partial charge >= 0.3 is 0 Å². The summed E-state index contributed by atoms with van der Waals surface area (Å²) in [5.74, 6) is 3.25. The van der Waals surface area contributed by atoms with Crippen molar-refractivity contribution in [1.82, 2.24) is 0 Å². The molecule has 3 aromatic rings. The molecule has 0 aromatic heterocycles. The van der Waals surface area contributed by atoms with Crippen molar-refractivity contribution in [2.45, 2.75) is 26.8 Å². The Hall–Kier alpha value is -3.14. The Kier molecular flexibility index (Phi) is 8.46. The first kappa shape index (κ1) is 21.6. The second-order valence-electron chi connectivity index (χ2n) is 7.53. The van der Waals surface area contributed by atoms with Crippen LogP contribution in [0.25, 0.3) is 0 Å². The monoisotopic (exact) mass is 405 g/mol.